The molecule has 1 unspecified atom stereocenters. The summed E-state index contributed by atoms with van der Waals surface area (Å²) in [6, 6.07) is 0.125. The fourth-order valence-corrected chi connectivity index (χ4v) is 4.32. The van der Waals surface area contributed by atoms with Gasteiger partial charge < -0.3 is 16.0 Å². The maximum atomic E-state index is 12.3. The molecule has 0 radical (unpaired) electrons. The summed E-state index contributed by atoms with van der Waals surface area (Å²) in [4.78, 5) is 25.9. The van der Waals surface area contributed by atoms with E-state index in [4.69, 9.17) is 5.73 Å². The van der Waals surface area contributed by atoms with Crippen LogP contribution in [0.5, 0.6) is 0 Å². The van der Waals surface area contributed by atoms with E-state index in [9.17, 15) is 4.79 Å². The van der Waals surface area contributed by atoms with Crippen LogP contribution in [0.2, 0.25) is 0 Å². The number of carbonyl (C=O) groups is 1. The number of hydrogen-bond acceptors (Lipinski definition) is 6. The van der Waals surface area contributed by atoms with E-state index in [1.165, 1.54) is 15.8 Å². The number of aromatic nitrogens is 2. The summed E-state index contributed by atoms with van der Waals surface area (Å²) < 4.78 is 0. The number of nitrogens with two attached hydrogens (primary N) is 1. The van der Waals surface area contributed by atoms with Crippen LogP contribution < -0.4 is 16.0 Å². The summed E-state index contributed by atoms with van der Waals surface area (Å²) in [5, 5.41) is 4.19. The van der Waals surface area contributed by atoms with E-state index in [-0.39, 0.29) is 17.9 Å². The van der Waals surface area contributed by atoms with Crippen LogP contribution in [0.1, 0.15) is 36.6 Å². The Morgan fingerprint density at radius 3 is 2.80 bits per heavy atom. The molecular weight excluding hydrogens is 334 g/mol. The number of fused-ring (bicyclic) bond motifs is 1. The first-order valence-corrected chi connectivity index (χ1v) is 9.78. The summed E-state index contributed by atoms with van der Waals surface area (Å²) in [6.45, 7) is 8.60. The number of nitrogens with one attached hydrogen (secondary N) is 1. The molecule has 1 aliphatic rings. The van der Waals surface area contributed by atoms with Gasteiger partial charge in [-0.3, -0.25) is 4.79 Å². The molecular formula is C18H27N5OS. The van der Waals surface area contributed by atoms with Crippen molar-refractivity contribution >= 4 is 33.3 Å². The zero-order valence-electron chi connectivity index (χ0n) is 15.2. The van der Waals surface area contributed by atoms with Crippen LogP contribution >= 0.6 is 11.3 Å². The van der Waals surface area contributed by atoms with Crippen LogP contribution in [-0.2, 0) is 4.79 Å². The minimum absolute atomic E-state index is 0.0898. The van der Waals surface area contributed by atoms with Gasteiger partial charge in [-0.1, -0.05) is 0 Å². The molecule has 3 heterocycles. The summed E-state index contributed by atoms with van der Waals surface area (Å²) in [5.41, 5.74) is 7.00. The highest BCUT2D eigenvalue weighted by atomic mass is 32.1. The Balaban J connectivity index is 1.64. The van der Waals surface area contributed by atoms with Crippen LogP contribution in [0.25, 0.3) is 10.2 Å². The van der Waals surface area contributed by atoms with Crippen LogP contribution in [0, 0.1) is 19.8 Å². The fraction of sp³-hybridized carbons (Fsp3) is 0.611. The van der Waals surface area contributed by atoms with Gasteiger partial charge in [-0.15, -0.1) is 11.3 Å². The number of carbonyl (C=O) groups excluding carboxylic acids is 1. The fourth-order valence-electron chi connectivity index (χ4n) is 3.32. The Morgan fingerprint density at radius 1 is 1.40 bits per heavy atom. The molecule has 2 aromatic rings. The number of piperidine rings is 1. The lowest BCUT2D eigenvalue weighted by Gasteiger charge is -2.32. The zero-order valence-corrected chi connectivity index (χ0v) is 16.0. The first-order chi connectivity index (χ1) is 12.0. The first kappa shape index (κ1) is 18.1. The van der Waals surface area contributed by atoms with Crippen molar-refractivity contribution in [1.29, 1.82) is 0 Å². The van der Waals surface area contributed by atoms with Gasteiger partial charge in [0.05, 0.1) is 5.39 Å². The van der Waals surface area contributed by atoms with E-state index in [2.05, 4.69) is 34.0 Å². The summed E-state index contributed by atoms with van der Waals surface area (Å²) in [6.07, 6.45) is 4.19. The molecule has 25 heavy (non-hydrogen) atoms. The predicted octanol–water partition coefficient (Wildman–Crippen LogP) is 2.38. The molecule has 0 spiro atoms. The van der Waals surface area contributed by atoms with E-state index >= 15 is 0 Å². The average Bonchev–Trinajstić information content (AvgIpc) is 2.89. The average molecular weight is 362 g/mol. The van der Waals surface area contributed by atoms with Crippen molar-refractivity contribution in [2.75, 3.05) is 24.5 Å². The number of hydrogen-bond donors (Lipinski definition) is 2. The van der Waals surface area contributed by atoms with Crippen LogP contribution in [0.4, 0.5) is 5.82 Å². The molecule has 1 amide bonds. The summed E-state index contributed by atoms with van der Waals surface area (Å²) >= 11 is 1.72. The molecule has 0 bridgehead atoms. The maximum Gasteiger partial charge on any atom is 0.223 e. The molecule has 136 valence electrons. The van der Waals surface area contributed by atoms with Gasteiger partial charge in [-0.25, -0.2) is 9.97 Å². The highest BCUT2D eigenvalue weighted by molar-refractivity contribution is 7.18. The lowest BCUT2D eigenvalue weighted by molar-refractivity contribution is -0.125. The standard InChI is InChI=1S/C18H27N5OS/c1-11(19)4-7-20-17(24)14-5-8-23(9-6-14)16-15-12(2)13(3)25-18(15)22-10-21-16/h10-11,14H,4-9,19H2,1-3H3,(H,20,24). The van der Waals surface area contributed by atoms with E-state index in [1.54, 1.807) is 17.7 Å². The molecule has 1 saturated heterocycles. The van der Waals surface area contributed by atoms with Crippen LogP contribution in [-0.4, -0.2) is 41.6 Å². The topological polar surface area (TPSA) is 84.1 Å². The summed E-state index contributed by atoms with van der Waals surface area (Å²) in [7, 11) is 0. The first-order valence-electron chi connectivity index (χ1n) is 8.96. The monoisotopic (exact) mass is 361 g/mol. The number of anilines is 1. The van der Waals surface area contributed by atoms with Gasteiger partial charge in [0.1, 0.15) is 17.0 Å². The highest BCUT2D eigenvalue weighted by Gasteiger charge is 2.27. The minimum atomic E-state index is 0.0898. The SMILES string of the molecule is Cc1sc2ncnc(N3CCC(C(=O)NCCC(C)N)CC3)c2c1C. The van der Waals surface area contributed by atoms with E-state index in [1.807, 2.05) is 6.92 Å². The molecule has 2 aromatic heterocycles. The molecule has 0 aliphatic carbocycles. The molecule has 3 rings (SSSR count). The molecule has 0 aromatic carbocycles. The second-order valence-electron chi connectivity index (χ2n) is 6.98. The molecule has 0 saturated carbocycles. The lowest BCUT2D eigenvalue weighted by Crippen LogP contribution is -2.41. The molecule has 1 aliphatic heterocycles. The van der Waals surface area contributed by atoms with Gasteiger partial charge in [0.2, 0.25) is 5.91 Å². The minimum Gasteiger partial charge on any atom is -0.356 e. The third-order valence-corrected chi connectivity index (χ3v) is 6.12. The Kier molecular flexibility index (Phi) is 5.54. The van der Waals surface area contributed by atoms with Crippen molar-refractivity contribution in [3.63, 3.8) is 0 Å². The van der Waals surface area contributed by atoms with Crippen molar-refractivity contribution in [2.45, 2.75) is 46.1 Å². The van der Waals surface area contributed by atoms with Crippen LogP contribution in [0.15, 0.2) is 6.33 Å². The Bertz CT molecular complexity index is 749. The molecule has 7 heteroatoms. The normalized spacial score (nSPS) is 17.0. The van der Waals surface area contributed by atoms with Crippen LogP contribution in [0.3, 0.4) is 0 Å². The number of nitrogens with zero attached hydrogens (tertiary/aromatic N) is 3. The van der Waals surface area contributed by atoms with Crippen molar-refractivity contribution < 1.29 is 4.79 Å². The number of thiophene rings is 1. The summed E-state index contributed by atoms with van der Waals surface area (Å²) in [5.74, 6) is 1.27. The van der Waals surface area contributed by atoms with Gasteiger partial charge in [0.15, 0.2) is 0 Å². The predicted molar refractivity (Wildman–Crippen MR) is 103 cm³/mol. The Morgan fingerprint density at radius 2 is 2.12 bits per heavy atom. The highest BCUT2D eigenvalue weighted by Crippen LogP contribution is 2.35. The second kappa shape index (κ2) is 7.66. The number of aryl methyl sites for hydroxylation is 2. The van der Waals surface area contributed by atoms with Crippen molar-refractivity contribution in [2.24, 2.45) is 11.7 Å². The van der Waals surface area contributed by atoms with Gasteiger partial charge in [-0.2, -0.15) is 0 Å². The molecule has 1 atom stereocenters. The van der Waals surface area contributed by atoms with Crippen molar-refractivity contribution in [3.05, 3.63) is 16.8 Å². The Hall–Kier alpha value is -1.73. The zero-order chi connectivity index (χ0) is 18.0. The third-order valence-electron chi connectivity index (χ3n) is 5.01. The maximum absolute atomic E-state index is 12.3. The van der Waals surface area contributed by atoms with Gasteiger partial charge in [0.25, 0.3) is 0 Å². The van der Waals surface area contributed by atoms with Gasteiger partial charge >= 0.3 is 0 Å². The number of rotatable bonds is 5. The Labute approximate surface area is 152 Å². The van der Waals surface area contributed by atoms with Gasteiger partial charge in [0, 0.05) is 36.5 Å². The molecule has 3 N–H and O–H groups in total. The van der Waals surface area contributed by atoms with Crippen molar-refractivity contribution in [1.82, 2.24) is 15.3 Å². The van der Waals surface area contributed by atoms with E-state index in [0.29, 0.717) is 6.54 Å². The quantitative estimate of drug-likeness (QED) is 0.854. The third kappa shape index (κ3) is 3.93. The second-order valence-corrected chi connectivity index (χ2v) is 8.18. The molecule has 6 nitrogen and oxygen atoms in total. The largest absolute Gasteiger partial charge is 0.356 e. The lowest BCUT2D eigenvalue weighted by atomic mass is 9.95. The smallest absolute Gasteiger partial charge is 0.223 e. The van der Waals surface area contributed by atoms with E-state index < -0.39 is 0 Å². The van der Waals surface area contributed by atoms with E-state index in [0.717, 1.165) is 43.0 Å². The molecule has 1 fully saturated rings. The number of amides is 1. The van der Waals surface area contributed by atoms with Crippen molar-refractivity contribution in [3.8, 4) is 0 Å². The van der Waals surface area contributed by atoms with Gasteiger partial charge in [-0.05, 0) is 45.6 Å².